The maximum absolute atomic E-state index is 12.7. The van der Waals surface area contributed by atoms with Crippen LogP contribution in [0, 0.1) is 0 Å². The van der Waals surface area contributed by atoms with Crippen LogP contribution in [0.2, 0.25) is 0 Å². The van der Waals surface area contributed by atoms with Gasteiger partial charge >= 0.3 is 6.09 Å². The van der Waals surface area contributed by atoms with Crippen molar-refractivity contribution in [3.63, 3.8) is 0 Å². The number of rotatable bonds is 3. The van der Waals surface area contributed by atoms with E-state index in [1.165, 1.54) is 0 Å². The zero-order valence-corrected chi connectivity index (χ0v) is 18.2. The summed E-state index contributed by atoms with van der Waals surface area (Å²) in [6.45, 7) is 6.43. The number of H-pyrrole nitrogens is 1. The first-order valence-corrected chi connectivity index (χ1v) is 10.3. The zero-order chi connectivity index (χ0) is 22.9. The number of aromatic nitrogens is 2. The van der Waals surface area contributed by atoms with Crippen molar-refractivity contribution >= 4 is 28.9 Å². The number of anilines is 1. The fraction of sp³-hybridized carbons (Fsp3) is 0.304. The van der Waals surface area contributed by atoms with E-state index in [4.69, 9.17) is 4.74 Å². The second kappa shape index (κ2) is 8.33. The smallest absolute Gasteiger partial charge is 0.410 e. The molecule has 0 spiro atoms. The summed E-state index contributed by atoms with van der Waals surface area (Å²) in [7, 11) is 0. The third kappa shape index (κ3) is 4.72. The molecule has 2 heterocycles. The Morgan fingerprint density at radius 2 is 1.91 bits per heavy atom. The van der Waals surface area contributed by atoms with Gasteiger partial charge in [-0.05, 0) is 62.6 Å². The Balaban J connectivity index is 1.45. The standard InChI is InChI=1S/C23H25N5O4/c1-23(2,3)32-22(31)28-11-10-14-8-9-15(12-16(14)13-28)19(29)26-27-21-24-18-7-5-4-6-17(18)20(30)25-21/h4-9,12H,10-11,13H2,1-3H3,(H,26,29)(H2,24,25,27,30). The fourth-order valence-corrected chi connectivity index (χ4v) is 3.51. The minimum absolute atomic E-state index is 0.135. The van der Waals surface area contributed by atoms with E-state index in [-0.39, 0.29) is 17.6 Å². The molecule has 2 amide bonds. The largest absolute Gasteiger partial charge is 0.444 e. The Bertz CT molecular complexity index is 1250. The topological polar surface area (TPSA) is 116 Å². The van der Waals surface area contributed by atoms with Gasteiger partial charge in [0.05, 0.1) is 10.9 Å². The minimum atomic E-state index is -0.567. The molecule has 32 heavy (non-hydrogen) atoms. The number of amides is 2. The Morgan fingerprint density at radius 1 is 1.12 bits per heavy atom. The number of para-hydroxylation sites is 1. The predicted molar refractivity (Wildman–Crippen MR) is 120 cm³/mol. The van der Waals surface area contributed by atoms with Crippen LogP contribution >= 0.6 is 0 Å². The molecule has 4 rings (SSSR count). The lowest BCUT2D eigenvalue weighted by atomic mass is 9.97. The first-order valence-electron chi connectivity index (χ1n) is 10.3. The summed E-state index contributed by atoms with van der Waals surface area (Å²) in [5.74, 6) is -0.255. The molecular formula is C23H25N5O4. The molecule has 0 unspecified atom stereocenters. The van der Waals surface area contributed by atoms with Crippen LogP contribution in [0.4, 0.5) is 10.7 Å². The number of carbonyl (C=O) groups is 2. The van der Waals surface area contributed by atoms with Gasteiger partial charge in [-0.25, -0.2) is 9.78 Å². The number of nitrogens with one attached hydrogen (secondary N) is 3. The number of hydrazine groups is 1. The van der Waals surface area contributed by atoms with Gasteiger partial charge in [-0.1, -0.05) is 18.2 Å². The molecule has 0 fully saturated rings. The van der Waals surface area contributed by atoms with Crippen LogP contribution in [0.1, 0.15) is 42.3 Å². The lowest BCUT2D eigenvalue weighted by Gasteiger charge is -2.31. The quantitative estimate of drug-likeness (QED) is 0.545. The summed E-state index contributed by atoms with van der Waals surface area (Å²) in [6, 6.07) is 12.3. The summed E-state index contributed by atoms with van der Waals surface area (Å²) in [6.07, 6.45) is 0.322. The maximum Gasteiger partial charge on any atom is 0.410 e. The maximum atomic E-state index is 12.7. The predicted octanol–water partition coefficient (Wildman–Crippen LogP) is 2.97. The van der Waals surface area contributed by atoms with Crippen LogP contribution < -0.4 is 16.4 Å². The number of hydrogen-bond acceptors (Lipinski definition) is 6. The minimum Gasteiger partial charge on any atom is -0.444 e. The SMILES string of the molecule is CC(C)(C)OC(=O)N1CCc2ccc(C(=O)NNc3nc4ccccc4c(=O)[nH]3)cc2C1. The molecule has 0 atom stereocenters. The molecule has 0 bridgehead atoms. The van der Waals surface area contributed by atoms with Crippen LogP contribution in [0.15, 0.2) is 47.3 Å². The van der Waals surface area contributed by atoms with E-state index in [1.54, 1.807) is 41.3 Å². The van der Waals surface area contributed by atoms with E-state index in [1.807, 2.05) is 26.8 Å². The van der Waals surface area contributed by atoms with Crippen LogP contribution in [-0.4, -0.2) is 39.0 Å². The van der Waals surface area contributed by atoms with Gasteiger partial charge in [0.1, 0.15) is 5.60 Å². The molecule has 1 aliphatic rings. The van der Waals surface area contributed by atoms with E-state index >= 15 is 0 Å². The molecule has 9 heteroatoms. The van der Waals surface area contributed by atoms with Gasteiger partial charge in [-0.3, -0.25) is 25.4 Å². The molecule has 0 saturated heterocycles. The monoisotopic (exact) mass is 435 g/mol. The van der Waals surface area contributed by atoms with E-state index in [0.29, 0.717) is 36.0 Å². The van der Waals surface area contributed by atoms with Gasteiger partial charge in [0.2, 0.25) is 5.95 Å². The summed E-state index contributed by atoms with van der Waals surface area (Å²) in [5.41, 5.74) is 7.27. The van der Waals surface area contributed by atoms with Crippen molar-refractivity contribution < 1.29 is 14.3 Å². The van der Waals surface area contributed by atoms with Crippen molar-refractivity contribution in [1.82, 2.24) is 20.3 Å². The van der Waals surface area contributed by atoms with Gasteiger partial charge < -0.3 is 9.64 Å². The summed E-state index contributed by atoms with van der Waals surface area (Å²) >= 11 is 0. The normalized spacial score (nSPS) is 13.4. The lowest BCUT2D eigenvalue weighted by Crippen LogP contribution is -2.40. The van der Waals surface area contributed by atoms with Gasteiger partial charge in [0.25, 0.3) is 11.5 Å². The molecule has 0 radical (unpaired) electrons. The third-order valence-corrected chi connectivity index (χ3v) is 5.04. The second-order valence-corrected chi connectivity index (χ2v) is 8.65. The van der Waals surface area contributed by atoms with Crippen molar-refractivity contribution in [1.29, 1.82) is 0 Å². The summed E-state index contributed by atoms with van der Waals surface area (Å²) in [4.78, 5) is 45.7. The highest BCUT2D eigenvalue weighted by Crippen LogP contribution is 2.22. The van der Waals surface area contributed by atoms with Crippen LogP contribution in [0.25, 0.3) is 10.9 Å². The molecule has 1 aromatic heterocycles. The van der Waals surface area contributed by atoms with Crippen molar-refractivity contribution in [2.24, 2.45) is 0 Å². The second-order valence-electron chi connectivity index (χ2n) is 8.65. The zero-order valence-electron chi connectivity index (χ0n) is 18.2. The summed E-state index contributed by atoms with van der Waals surface area (Å²) in [5, 5.41) is 0.466. The van der Waals surface area contributed by atoms with Gasteiger partial charge in [-0.15, -0.1) is 0 Å². The highest BCUT2D eigenvalue weighted by Gasteiger charge is 2.26. The Hall–Kier alpha value is -3.88. The van der Waals surface area contributed by atoms with Gasteiger partial charge in [0.15, 0.2) is 0 Å². The van der Waals surface area contributed by atoms with Gasteiger partial charge in [0, 0.05) is 18.7 Å². The van der Waals surface area contributed by atoms with Crippen LogP contribution in [-0.2, 0) is 17.7 Å². The summed E-state index contributed by atoms with van der Waals surface area (Å²) < 4.78 is 5.46. The van der Waals surface area contributed by atoms with Crippen molar-refractivity contribution in [2.75, 3.05) is 12.0 Å². The molecule has 0 aliphatic carbocycles. The van der Waals surface area contributed by atoms with Gasteiger partial charge in [-0.2, -0.15) is 0 Å². The van der Waals surface area contributed by atoms with Crippen molar-refractivity contribution in [3.05, 3.63) is 69.5 Å². The number of carbonyl (C=O) groups excluding carboxylic acids is 2. The first kappa shape index (κ1) is 21.4. The van der Waals surface area contributed by atoms with E-state index < -0.39 is 11.5 Å². The number of benzene rings is 2. The average Bonchev–Trinajstić information content (AvgIpc) is 2.75. The van der Waals surface area contributed by atoms with E-state index in [0.717, 1.165) is 11.1 Å². The Labute approximate surface area is 184 Å². The molecule has 1 aliphatic heterocycles. The molecule has 2 aromatic carbocycles. The third-order valence-electron chi connectivity index (χ3n) is 5.04. The number of hydrogen-bond donors (Lipinski definition) is 3. The number of ether oxygens (including phenoxy) is 1. The van der Waals surface area contributed by atoms with E-state index in [2.05, 4.69) is 20.8 Å². The fourth-order valence-electron chi connectivity index (χ4n) is 3.51. The molecular weight excluding hydrogens is 410 g/mol. The van der Waals surface area contributed by atoms with Crippen molar-refractivity contribution in [3.8, 4) is 0 Å². The molecule has 3 N–H and O–H groups in total. The highest BCUT2D eigenvalue weighted by atomic mass is 16.6. The first-order chi connectivity index (χ1) is 15.2. The van der Waals surface area contributed by atoms with Crippen molar-refractivity contribution in [2.45, 2.75) is 39.3 Å². The van der Waals surface area contributed by atoms with Crippen LogP contribution in [0.5, 0.6) is 0 Å². The highest BCUT2D eigenvalue weighted by molar-refractivity contribution is 5.95. The molecule has 166 valence electrons. The Kier molecular flexibility index (Phi) is 5.56. The molecule has 3 aromatic rings. The van der Waals surface area contributed by atoms with Crippen LogP contribution in [0.3, 0.4) is 0 Å². The number of nitrogens with zero attached hydrogens (tertiary/aromatic N) is 2. The lowest BCUT2D eigenvalue weighted by molar-refractivity contribution is 0.0224. The molecule has 0 saturated carbocycles. The number of aromatic amines is 1. The average molecular weight is 435 g/mol. The molecule has 9 nitrogen and oxygen atoms in total. The Morgan fingerprint density at radius 3 is 2.69 bits per heavy atom. The van der Waals surface area contributed by atoms with E-state index in [9.17, 15) is 14.4 Å². The number of fused-ring (bicyclic) bond motifs is 2.